The third-order valence-electron chi connectivity index (χ3n) is 2.99. The average molecular weight is 265 g/mol. The summed E-state index contributed by atoms with van der Waals surface area (Å²) in [6.45, 7) is 3.12. The van der Waals surface area contributed by atoms with Crippen LogP contribution >= 0.6 is 22.9 Å². The Morgan fingerprint density at radius 3 is 3.06 bits per heavy atom. The van der Waals surface area contributed by atoms with Crippen molar-refractivity contribution in [1.29, 1.82) is 0 Å². The van der Waals surface area contributed by atoms with Gasteiger partial charge in [0.2, 0.25) is 0 Å². The van der Waals surface area contributed by atoms with Gasteiger partial charge in [-0.05, 0) is 13.0 Å². The van der Waals surface area contributed by atoms with Crippen LogP contribution in [0, 0.1) is 0 Å². The van der Waals surface area contributed by atoms with E-state index in [0.717, 1.165) is 28.6 Å². The molecule has 0 bridgehead atoms. The number of rotatable bonds is 1. The Labute approximate surface area is 110 Å². The highest BCUT2D eigenvalue weighted by Gasteiger charge is 2.20. The minimum Gasteiger partial charge on any atom is -0.309 e. The van der Waals surface area contributed by atoms with Gasteiger partial charge in [-0.25, -0.2) is 4.98 Å². The van der Waals surface area contributed by atoms with Crippen molar-refractivity contribution in [2.75, 3.05) is 0 Å². The Morgan fingerprint density at radius 1 is 1.41 bits per heavy atom. The Kier molecular flexibility index (Phi) is 2.90. The Bertz CT molecular complexity index is 550. The molecule has 0 spiro atoms. The Balaban J connectivity index is 2.03. The lowest BCUT2D eigenvalue weighted by molar-refractivity contribution is 0.513. The number of nitrogens with one attached hydrogen (secondary N) is 1. The number of benzene rings is 1. The summed E-state index contributed by atoms with van der Waals surface area (Å²) in [6, 6.07) is 8.41. The van der Waals surface area contributed by atoms with E-state index in [1.54, 1.807) is 11.3 Å². The number of hydrogen-bond donors (Lipinski definition) is 1. The third kappa shape index (κ3) is 2.10. The van der Waals surface area contributed by atoms with Crippen LogP contribution in [0.2, 0.25) is 5.02 Å². The van der Waals surface area contributed by atoms with Crippen LogP contribution in [0.5, 0.6) is 0 Å². The fourth-order valence-electron chi connectivity index (χ4n) is 2.06. The van der Waals surface area contributed by atoms with Gasteiger partial charge in [-0.2, -0.15) is 0 Å². The molecule has 4 heteroatoms. The molecule has 1 aliphatic heterocycles. The third-order valence-corrected chi connectivity index (χ3v) is 4.45. The standard InChI is InChI=1S/C13H13ClN2S/c1-8-6-11-12(7-15-8)17-13(16-11)9-4-2-3-5-10(9)14/h2-5,8,15H,6-7H2,1H3. The lowest BCUT2D eigenvalue weighted by Crippen LogP contribution is -2.32. The van der Waals surface area contributed by atoms with Gasteiger partial charge in [0.1, 0.15) is 5.01 Å². The molecule has 1 aromatic carbocycles. The van der Waals surface area contributed by atoms with Crippen LogP contribution in [0.3, 0.4) is 0 Å². The highest BCUT2D eigenvalue weighted by molar-refractivity contribution is 7.15. The van der Waals surface area contributed by atoms with Gasteiger partial charge in [-0.1, -0.05) is 29.8 Å². The molecule has 1 N–H and O–H groups in total. The highest BCUT2D eigenvalue weighted by Crippen LogP contribution is 2.34. The molecule has 0 aliphatic carbocycles. The van der Waals surface area contributed by atoms with E-state index < -0.39 is 0 Å². The van der Waals surface area contributed by atoms with E-state index >= 15 is 0 Å². The number of fused-ring (bicyclic) bond motifs is 1. The highest BCUT2D eigenvalue weighted by atomic mass is 35.5. The first-order chi connectivity index (χ1) is 8.24. The summed E-state index contributed by atoms with van der Waals surface area (Å²) >= 11 is 7.95. The number of nitrogens with zero attached hydrogens (tertiary/aromatic N) is 1. The maximum absolute atomic E-state index is 6.20. The quantitative estimate of drug-likeness (QED) is 0.853. The molecule has 3 rings (SSSR count). The summed E-state index contributed by atoms with van der Waals surface area (Å²) in [5, 5.41) is 5.27. The van der Waals surface area contributed by atoms with Crippen LogP contribution < -0.4 is 5.32 Å². The minimum atomic E-state index is 0.517. The van der Waals surface area contributed by atoms with Gasteiger partial charge >= 0.3 is 0 Å². The van der Waals surface area contributed by atoms with Crippen molar-refractivity contribution in [1.82, 2.24) is 10.3 Å². The van der Waals surface area contributed by atoms with E-state index in [1.807, 2.05) is 24.3 Å². The maximum Gasteiger partial charge on any atom is 0.125 e. The van der Waals surface area contributed by atoms with Crippen molar-refractivity contribution in [3.63, 3.8) is 0 Å². The molecule has 0 amide bonds. The number of thiazole rings is 1. The number of aromatic nitrogens is 1. The second-order valence-corrected chi connectivity index (χ2v) is 5.85. The lowest BCUT2D eigenvalue weighted by Gasteiger charge is -2.18. The number of hydrogen-bond acceptors (Lipinski definition) is 3. The molecule has 1 unspecified atom stereocenters. The average Bonchev–Trinajstić information content (AvgIpc) is 2.72. The van der Waals surface area contributed by atoms with E-state index in [9.17, 15) is 0 Å². The van der Waals surface area contributed by atoms with E-state index in [4.69, 9.17) is 16.6 Å². The minimum absolute atomic E-state index is 0.517. The fourth-order valence-corrected chi connectivity index (χ4v) is 3.42. The van der Waals surface area contributed by atoms with E-state index in [1.165, 1.54) is 10.6 Å². The summed E-state index contributed by atoms with van der Waals surface area (Å²) in [7, 11) is 0. The zero-order chi connectivity index (χ0) is 11.8. The van der Waals surface area contributed by atoms with Gasteiger partial charge in [0.15, 0.2) is 0 Å². The van der Waals surface area contributed by atoms with Crippen LogP contribution in [0.4, 0.5) is 0 Å². The molecule has 88 valence electrons. The van der Waals surface area contributed by atoms with Crippen molar-refractivity contribution < 1.29 is 0 Å². The molecule has 1 aliphatic rings. The molecular weight excluding hydrogens is 252 g/mol. The van der Waals surface area contributed by atoms with Crippen LogP contribution in [0.15, 0.2) is 24.3 Å². The van der Waals surface area contributed by atoms with Crippen LogP contribution in [0.1, 0.15) is 17.5 Å². The monoisotopic (exact) mass is 264 g/mol. The van der Waals surface area contributed by atoms with Crippen molar-refractivity contribution >= 4 is 22.9 Å². The summed E-state index contributed by atoms with van der Waals surface area (Å²) in [5.74, 6) is 0. The second-order valence-electron chi connectivity index (χ2n) is 4.35. The topological polar surface area (TPSA) is 24.9 Å². The van der Waals surface area contributed by atoms with E-state index in [0.29, 0.717) is 6.04 Å². The molecule has 1 aromatic heterocycles. The predicted molar refractivity (Wildman–Crippen MR) is 72.6 cm³/mol. The van der Waals surface area contributed by atoms with Crippen LogP contribution in [-0.2, 0) is 13.0 Å². The molecule has 0 radical (unpaired) electrons. The Morgan fingerprint density at radius 2 is 2.24 bits per heavy atom. The van der Waals surface area contributed by atoms with Crippen molar-refractivity contribution in [3.05, 3.63) is 39.9 Å². The molecule has 2 heterocycles. The molecule has 0 saturated heterocycles. The first-order valence-corrected chi connectivity index (χ1v) is 6.90. The second kappa shape index (κ2) is 4.41. The first-order valence-electron chi connectivity index (χ1n) is 5.71. The molecule has 2 nitrogen and oxygen atoms in total. The summed E-state index contributed by atoms with van der Waals surface area (Å²) in [4.78, 5) is 6.07. The molecule has 17 heavy (non-hydrogen) atoms. The van der Waals surface area contributed by atoms with Gasteiger partial charge in [0.25, 0.3) is 0 Å². The summed E-state index contributed by atoms with van der Waals surface area (Å²) in [5.41, 5.74) is 2.28. The maximum atomic E-state index is 6.20. The number of halogens is 1. The smallest absolute Gasteiger partial charge is 0.125 e. The van der Waals surface area contributed by atoms with Crippen molar-refractivity contribution in [2.24, 2.45) is 0 Å². The van der Waals surface area contributed by atoms with Gasteiger partial charge in [-0.15, -0.1) is 11.3 Å². The molecule has 2 aromatic rings. The van der Waals surface area contributed by atoms with Gasteiger partial charge in [0, 0.05) is 29.4 Å². The molecule has 0 fully saturated rings. The summed E-state index contributed by atoms with van der Waals surface area (Å²) in [6.07, 6.45) is 1.01. The van der Waals surface area contributed by atoms with E-state index in [2.05, 4.69) is 12.2 Å². The van der Waals surface area contributed by atoms with Crippen molar-refractivity contribution in [2.45, 2.75) is 25.9 Å². The lowest BCUT2D eigenvalue weighted by atomic mass is 10.1. The fraction of sp³-hybridized carbons (Fsp3) is 0.308. The van der Waals surface area contributed by atoms with Gasteiger partial charge in [0.05, 0.1) is 10.7 Å². The predicted octanol–water partition coefficient (Wildman–Crippen LogP) is 3.50. The zero-order valence-electron chi connectivity index (χ0n) is 9.53. The summed E-state index contributed by atoms with van der Waals surface area (Å²) < 4.78 is 0. The first kappa shape index (κ1) is 11.2. The zero-order valence-corrected chi connectivity index (χ0v) is 11.1. The molecular formula is C13H13ClN2S. The van der Waals surface area contributed by atoms with Crippen LogP contribution in [-0.4, -0.2) is 11.0 Å². The van der Waals surface area contributed by atoms with Gasteiger partial charge < -0.3 is 5.32 Å². The SMILES string of the molecule is CC1Cc2nc(-c3ccccc3Cl)sc2CN1. The van der Waals surface area contributed by atoms with E-state index in [-0.39, 0.29) is 0 Å². The van der Waals surface area contributed by atoms with Gasteiger partial charge in [-0.3, -0.25) is 0 Å². The Hall–Kier alpha value is -0.900. The largest absolute Gasteiger partial charge is 0.309 e. The van der Waals surface area contributed by atoms with Crippen molar-refractivity contribution in [3.8, 4) is 10.6 Å². The van der Waals surface area contributed by atoms with Crippen LogP contribution in [0.25, 0.3) is 10.6 Å². The molecule has 0 saturated carbocycles. The normalized spacial score (nSPS) is 19.1. The molecule has 1 atom stereocenters.